The van der Waals surface area contributed by atoms with Crippen LogP contribution < -0.4 is 5.32 Å². The first-order chi connectivity index (χ1) is 6.65. The molecule has 0 radical (unpaired) electrons. The number of carboxylic acids is 1. The van der Waals surface area contributed by atoms with Gasteiger partial charge in [0.25, 0.3) is 0 Å². The fraction of sp³-hybridized carbons (Fsp3) is 0.900. The standard InChI is InChI=1S/C10H19NO3/c1-7(6-14-2)5-11-9(10(12)13)8-3-4-8/h7-9,11H,3-6H2,1-2H3,(H,12,13). The first-order valence-electron chi connectivity index (χ1n) is 5.10. The van der Waals surface area contributed by atoms with Gasteiger partial charge in [0.2, 0.25) is 0 Å². The van der Waals surface area contributed by atoms with Crippen LogP contribution in [-0.4, -0.2) is 37.4 Å². The number of rotatable bonds is 7. The topological polar surface area (TPSA) is 58.6 Å². The third kappa shape index (κ3) is 3.64. The first-order valence-corrected chi connectivity index (χ1v) is 5.10. The van der Waals surface area contributed by atoms with E-state index in [4.69, 9.17) is 9.84 Å². The second kappa shape index (κ2) is 5.32. The van der Waals surface area contributed by atoms with Gasteiger partial charge >= 0.3 is 5.97 Å². The SMILES string of the molecule is COCC(C)CNC(C(=O)O)C1CC1. The highest BCUT2D eigenvalue weighted by molar-refractivity contribution is 5.74. The van der Waals surface area contributed by atoms with Crippen LogP contribution in [-0.2, 0) is 9.53 Å². The van der Waals surface area contributed by atoms with Gasteiger partial charge in [-0.05, 0) is 24.7 Å². The molecule has 4 heteroatoms. The predicted octanol–water partition coefficient (Wildman–Crippen LogP) is 0.722. The minimum Gasteiger partial charge on any atom is -0.480 e. The lowest BCUT2D eigenvalue weighted by molar-refractivity contribution is -0.140. The van der Waals surface area contributed by atoms with E-state index in [1.165, 1.54) is 0 Å². The second-order valence-electron chi connectivity index (χ2n) is 4.12. The summed E-state index contributed by atoms with van der Waals surface area (Å²) in [6, 6.07) is -0.352. The predicted molar refractivity (Wildman–Crippen MR) is 53.2 cm³/mol. The van der Waals surface area contributed by atoms with E-state index in [0.717, 1.165) is 12.8 Å². The second-order valence-corrected chi connectivity index (χ2v) is 4.12. The molecule has 14 heavy (non-hydrogen) atoms. The van der Waals surface area contributed by atoms with Crippen molar-refractivity contribution < 1.29 is 14.6 Å². The molecule has 1 aliphatic carbocycles. The van der Waals surface area contributed by atoms with Gasteiger partial charge in [0, 0.05) is 20.3 Å². The summed E-state index contributed by atoms with van der Waals surface area (Å²) < 4.78 is 4.99. The first kappa shape index (κ1) is 11.5. The Hall–Kier alpha value is -0.610. The molecule has 0 aromatic heterocycles. The van der Waals surface area contributed by atoms with Crippen molar-refractivity contribution in [1.82, 2.24) is 5.32 Å². The van der Waals surface area contributed by atoms with Gasteiger partial charge in [-0.15, -0.1) is 0 Å². The number of hydrogen-bond donors (Lipinski definition) is 2. The van der Waals surface area contributed by atoms with Gasteiger partial charge < -0.3 is 15.2 Å². The van der Waals surface area contributed by atoms with Crippen LogP contribution in [0.2, 0.25) is 0 Å². The molecular weight excluding hydrogens is 182 g/mol. The van der Waals surface area contributed by atoms with Crippen molar-refractivity contribution in [3.05, 3.63) is 0 Å². The van der Waals surface area contributed by atoms with Crippen LogP contribution in [0.4, 0.5) is 0 Å². The summed E-state index contributed by atoms with van der Waals surface area (Å²) in [5.74, 6) is -0.0139. The average Bonchev–Trinajstić information content (AvgIpc) is 2.88. The molecule has 0 aromatic carbocycles. The Morgan fingerprint density at radius 2 is 2.29 bits per heavy atom. The fourth-order valence-corrected chi connectivity index (χ4v) is 1.56. The Kier molecular flexibility index (Phi) is 4.35. The maximum atomic E-state index is 10.9. The van der Waals surface area contributed by atoms with E-state index in [1.807, 2.05) is 6.92 Å². The zero-order valence-electron chi connectivity index (χ0n) is 8.82. The van der Waals surface area contributed by atoms with Gasteiger partial charge in [0.15, 0.2) is 0 Å². The normalized spacial score (nSPS) is 20.4. The molecule has 0 heterocycles. The van der Waals surface area contributed by atoms with E-state index >= 15 is 0 Å². The molecule has 0 aliphatic heterocycles. The molecule has 0 bridgehead atoms. The largest absolute Gasteiger partial charge is 0.480 e. The maximum absolute atomic E-state index is 10.9. The highest BCUT2D eigenvalue weighted by atomic mass is 16.5. The molecule has 1 saturated carbocycles. The Labute approximate surface area is 84.6 Å². The van der Waals surface area contributed by atoms with Gasteiger partial charge in [-0.2, -0.15) is 0 Å². The lowest BCUT2D eigenvalue weighted by Crippen LogP contribution is -2.41. The molecule has 1 fully saturated rings. The van der Waals surface area contributed by atoms with Crippen molar-refractivity contribution in [2.45, 2.75) is 25.8 Å². The minimum atomic E-state index is -0.725. The summed E-state index contributed by atoms with van der Waals surface area (Å²) in [7, 11) is 1.66. The monoisotopic (exact) mass is 201 g/mol. The molecule has 4 nitrogen and oxygen atoms in total. The molecule has 1 aliphatic rings. The maximum Gasteiger partial charge on any atom is 0.320 e. The Balaban J connectivity index is 2.22. The highest BCUT2D eigenvalue weighted by Gasteiger charge is 2.35. The number of ether oxygens (including phenoxy) is 1. The van der Waals surface area contributed by atoms with E-state index in [-0.39, 0.29) is 6.04 Å². The Morgan fingerprint density at radius 3 is 2.71 bits per heavy atom. The van der Waals surface area contributed by atoms with Gasteiger partial charge in [-0.1, -0.05) is 6.92 Å². The summed E-state index contributed by atoms with van der Waals surface area (Å²) in [4.78, 5) is 10.9. The fourth-order valence-electron chi connectivity index (χ4n) is 1.56. The zero-order valence-corrected chi connectivity index (χ0v) is 8.82. The molecule has 2 unspecified atom stereocenters. The van der Waals surface area contributed by atoms with Crippen molar-refractivity contribution in [1.29, 1.82) is 0 Å². The van der Waals surface area contributed by atoms with Gasteiger partial charge in [0.05, 0.1) is 0 Å². The van der Waals surface area contributed by atoms with Crippen molar-refractivity contribution in [2.24, 2.45) is 11.8 Å². The van der Waals surface area contributed by atoms with Crippen LogP contribution in [0.1, 0.15) is 19.8 Å². The third-order valence-electron chi connectivity index (χ3n) is 2.50. The van der Waals surface area contributed by atoms with Crippen LogP contribution in [0.3, 0.4) is 0 Å². The van der Waals surface area contributed by atoms with Crippen molar-refractivity contribution in [3.8, 4) is 0 Å². The van der Waals surface area contributed by atoms with E-state index in [0.29, 0.717) is 25.0 Å². The Morgan fingerprint density at radius 1 is 1.64 bits per heavy atom. The Bertz CT molecular complexity index is 192. The van der Waals surface area contributed by atoms with E-state index in [2.05, 4.69) is 5.32 Å². The van der Waals surface area contributed by atoms with Crippen molar-refractivity contribution in [2.75, 3.05) is 20.3 Å². The van der Waals surface area contributed by atoms with Gasteiger partial charge in [0.1, 0.15) is 6.04 Å². The van der Waals surface area contributed by atoms with Crippen LogP contribution in [0.15, 0.2) is 0 Å². The lowest BCUT2D eigenvalue weighted by Gasteiger charge is -2.16. The van der Waals surface area contributed by atoms with Crippen LogP contribution in [0.5, 0.6) is 0 Å². The molecule has 0 amide bonds. The van der Waals surface area contributed by atoms with Crippen LogP contribution >= 0.6 is 0 Å². The summed E-state index contributed by atoms with van der Waals surface area (Å²) in [6.07, 6.45) is 2.09. The van der Waals surface area contributed by atoms with E-state index in [9.17, 15) is 4.79 Å². The number of hydrogen-bond acceptors (Lipinski definition) is 3. The molecular formula is C10H19NO3. The molecule has 2 N–H and O–H groups in total. The zero-order chi connectivity index (χ0) is 10.6. The van der Waals surface area contributed by atoms with E-state index < -0.39 is 5.97 Å². The molecule has 0 saturated heterocycles. The molecule has 82 valence electrons. The summed E-state index contributed by atoms with van der Waals surface area (Å²) >= 11 is 0. The average molecular weight is 201 g/mol. The van der Waals surface area contributed by atoms with Crippen LogP contribution in [0, 0.1) is 11.8 Å². The van der Waals surface area contributed by atoms with Crippen molar-refractivity contribution >= 4 is 5.97 Å². The summed E-state index contributed by atoms with van der Waals surface area (Å²) in [5.41, 5.74) is 0. The minimum absolute atomic E-state index is 0.349. The van der Waals surface area contributed by atoms with Gasteiger partial charge in [-0.3, -0.25) is 4.79 Å². The number of aliphatic carboxylic acids is 1. The highest BCUT2D eigenvalue weighted by Crippen LogP contribution is 2.32. The molecule has 0 aromatic rings. The lowest BCUT2D eigenvalue weighted by atomic mass is 10.1. The van der Waals surface area contributed by atoms with Gasteiger partial charge in [-0.25, -0.2) is 0 Å². The summed E-state index contributed by atoms with van der Waals surface area (Å²) in [5, 5.41) is 12.0. The number of carbonyl (C=O) groups is 1. The molecule has 2 atom stereocenters. The van der Waals surface area contributed by atoms with Crippen molar-refractivity contribution in [3.63, 3.8) is 0 Å². The molecule has 0 spiro atoms. The number of carboxylic acid groups (broad SMARTS) is 1. The smallest absolute Gasteiger partial charge is 0.320 e. The molecule has 1 rings (SSSR count). The summed E-state index contributed by atoms with van der Waals surface area (Å²) in [6.45, 7) is 3.42. The number of nitrogens with one attached hydrogen (secondary N) is 1. The quantitative estimate of drug-likeness (QED) is 0.637. The number of methoxy groups -OCH3 is 1. The van der Waals surface area contributed by atoms with Crippen LogP contribution in [0.25, 0.3) is 0 Å². The third-order valence-corrected chi connectivity index (χ3v) is 2.50. The van der Waals surface area contributed by atoms with E-state index in [1.54, 1.807) is 7.11 Å².